The predicted octanol–water partition coefficient (Wildman–Crippen LogP) is 1.16. The molecule has 0 amide bonds. The van der Waals surface area contributed by atoms with E-state index in [0.717, 1.165) is 30.7 Å². The first-order chi connectivity index (χ1) is 7.81. The largest absolute Gasteiger partial charge is 0.394 e. The van der Waals surface area contributed by atoms with Gasteiger partial charge in [0.2, 0.25) is 0 Å². The van der Waals surface area contributed by atoms with Crippen molar-refractivity contribution >= 4 is 0 Å². The van der Waals surface area contributed by atoms with Crippen LogP contribution in [0, 0.1) is 11.3 Å². The van der Waals surface area contributed by atoms with E-state index >= 15 is 0 Å². The number of nitrogens with zero attached hydrogens (tertiary/aromatic N) is 4. The second-order valence-electron chi connectivity index (χ2n) is 4.22. The summed E-state index contributed by atoms with van der Waals surface area (Å²) >= 11 is 0. The van der Waals surface area contributed by atoms with Gasteiger partial charge in [0, 0.05) is 5.92 Å². The number of aliphatic hydroxyl groups excluding tert-OH is 1. The fourth-order valence-electron chi connectivity index (χ4n) is 1.96. The van der Waals surface area contributed by atoms with Gasteiger partial charge in [-0.2, -0.15) is 5.26 Å². The Balaban J connectivity index is 2.33. The summed E-state index contributed by atoms with van der Waals surface area (Å²) in [6.07, 6.45) is 3.43. The molecule has 0 bridgehead atoms. The Hall–Kier alpha value is -1.41. The van der Waals surface area contributed by atoms with Crippen molar-refractivity contribution in [3.63, 3.8) is 0 Å². The summed E-state index contributed by atoms with van der Waals surface area (Å²) in [6.45, 7) is 2.09. The highest BCUT2D eigenvalue weighted by Gasteiger charge is 2.32. The molecule has 0 saturated heterocycles. The minimum absolute atomic E-state index is 0.00413. The first-order valence-corrected chi connectivity index (χ1v) is 5.73. The highest BCUT2D eigenvalue weighted by molar-refractivity contribution is 5.23. The standard InChI is InChI=1S/C11H16N4O/c1-2-9(7-16)15-11(8-3-4-8)10(5-6-12)13-14-15/h8-9,16H,2-5,7H2,1H3. The first kappa shape index (κ1) is 11.1. The van der Waals surface area contributed by atoms with Gasteiger partial charge in [0.05, 0.1) is 30.8 Å². The van der Waals surface area contributed by atoms with Crippen molar-refractivity contribution in [3.8, 4) is 6.07 Å². The van der Waals surface area contributed by atoms with Crippen molar-refractivity contribution in [2.24, 2.45) is 0 Å². The Morgan fingerprint density at radius 3 is 2.88 bits per heavy atom. The Morgan fingerprint density at radius 2 is 2.38 bits per heavy atom. The van der Waals surface area contributed by atoms with Gasteiger partial charge < -0.3 is 5.11 Å². The van der Waals surface area contributed by atoms with Gasteiger partial charge >= 0.3 is 0 Å². The van der Waals surface area contributed by atoms with Gasteiger partial charge in [-0.1, -0.05) is 12.1 Å². The lowest BCUT2D eigenvalue weighted by Gasteiger charge is -2.14. The van der Waals surface area contributed by atoms with Gasteiger partial charge in [0.15, 0.2) is 0 Å². The van der Waals surface area contributed by atoms with Crippen LogP contribution in [0.3, 0.4) is 0 Å². The average Bonchev–Trinajstić information content (AvgIpc) is 3.05. The quantitative estimate of drug-likeness (QED) is 0.808. The third-order valence-corrected chi connectivity index (χ3v) is 3.04. The summed E-state index contributed by atoms with van der Waals surface area (Å²) in [5.74, 6) is 0.499. The number of rotatable bonds is 5. The Bertz CT molecular complexity index is 399. The zero-order valence-electron chi connectivity index (χ0n) is 9.43. The van der Waals surface area contributed by atoms with Crippen molar-refractivity contribution in [2.45, 2.75) is 44.6 Å². The molecule has 0 aliphatic heterocycles. The lowest BCUT2D eigenvalue weighted by atomic mass is 10.1. The molecule has 16 heavy (non-hydrogen) atoms. The van der Waals surface area contributed by atoms with E-state index in [1.54, 1.807) is 0 Å². The number of aliphatic hydroxyl groups is 1. The van der Waals surface area contributed by atoms with Crippen LogP contribution in [0.2, 0.25) is 0 Å². The second kappa shape index (κ2) is 4.62. The molecular formula is C11H16N4O. The van der Waals surface area contributed by atoms with Crippen LogP contribution in [0.5, 0.6) is 0 Å². The van der Waals surface area contributed by atoms with Gasteiger partial charge in [-0.15, -0.1) is 5.10 Å². The third kappa shape index (κ3) is 1.93. The molecule has 1 fully saturated rings. The summed E-state index contributed by atoms with van der Waals surface area (Å²) in [4.78, 5) is 0. The number of hydrogen-bond donors (Lipinski definition) is 1. The van der Waals surface area contributed by atoms with Crippen LogP contribution in [-0.4, -0.2) is 26.7 Å². The molecule has 86 valence electrons. The molecule has 1 aromatic heterocycles. The molecule has 1 aliphatic rings. The highest BCUT2D eigenvalue weighted by atomic mass is 16.3. The smallest absolute Gasteiger partial charge is 0.100 e. The minimum Gasteiger partial charge on any atom is -0.394 e. The molecule has 1 atom stereocenters. The number of hydrogen-bond acceptors (Lipinski definition) is 4. The van der Waals surface area contributed by atoms with E-state index < -0.39 is 0 Å². The van der Waals surface area contributed by atoms with Gasteiger partial charge in [-0.05, 0) is 19.3 Å². The number of nitriles is 1. The summed E-state index contributed by atoms with van der Waals surface area (Å²) in [6, 6.07) is 2.11. The van der Waals surface area contributed by atoms with E-state index in [1.807, 2.05) is 11.6 Å². The Morgan fingerprint density at radius 1 is 1.62 bits per heavy atom. The molecule has 1 aromatic rings. The summed E-state index contributed by atoms with van der Waals surface area (Å²) in [5.41, 5.74) is 1.86. The fraction of sp³-hybridized carbons (Fsp3) is 0.727. The molecule has 1 N–H and O–H groups in total. The van der Waals surface area contributed by atoms with Crippen molar-refractivity contribution < 1.29 is 5.11 Å². The average molecular weight is 220 g/mol. The van der Waals surface area contributed by atoms with Crippen molar-refractivity contribution in [3.05, 3.63) is 11.4 Å². The predicted molar refractivity (Wildman–Crippen MR) is 57.7 cm³/mol. The van der Waals surface area contributed by atoms with Crippen molar-refractivity contribution in [2.75, 3.05) is 6.61 Å². The maximum absolute atomic E-state index is 9.29. The van der Waals surface area contributed by atoms with Crippen LogP contribution in [0.15, 0.2) is 0 Å². The van der Waals surface area contributed by atoms with Crippen LogP contribution < -0.4 is 0 Å². The molecule has 1 aliphatic carbocycles. The van der Waals surface area contributed by atoms with E-state index in [2.05, 4.69) is 16.4 Å². The normalized spacial score (nSPS) is 17.1. The SMILES string of the molecule is CCC(CO)n1nnc(CC#N)c1C1CC1. The Kier molecular flexibility index (Phi) is 3.20. The molecule has 0 aromatic carbocycles. The minimum atomic E-state index is -0.00413. The third-order valence-electron chi connectivity index (χ3n) is 3.04. The maximum Gasteiger partial charge on any atom is 0.100 e. The van der Waals surface area contributed by atoms with Gasteiger partial charge in [-0.25, -0.2) is 4.68 Å². The van der Waals surface area contributed by atoms with E-state index in [9.17, 15) is 5.11 Å². The van der Waals surface area contributed by atoms with Crippen molar-refractivity contribution in [1.82, 2.24) is 15.0 Å². The van der Waals surface area contributed by atoms with Crippen molar-refractivity contribution in [1.29, 1.82) is 5.26 Å². The summed E-state index contributed by atoms with van der Waals surface area (Å²) < 4.78 is 1.82. The van der Waals surface area contributed by atoms with E-state index in [0.29, 0.717) is 12.3 Å². The molecule has 0 radical (unpaired) electrons. The summed E-state index contributed by atoms with van der Waals surface area (Å²) in [7, 11) is 0. The van der Waals surface area contributed by atoms with E-state index in [1.165, 1.54) is 0 Å². The molecule has 1 saturated carbocycles. The van der Waals surface area contributed by atoms with Crippen LogP contribution in [0.25, 0.3) is 0 Å². The lowest BCUT2D eigenvalue weighted by Crippen LogP contribution is -2.16. The van der Waals surface area contributed by atoms with E-state index in [4.69, 9.17) is 5.26 Å². The number of aromatic nitrogens is 3. The highest BCUT2D eigenvalue weighted by Crippen LogP contribution is 2.42. The maximum atomic E-state index is 9.29. The molecular weight excluding hydrogens is 204 g/mol. The van der Waals surface area contributed by atoms with E-state index in [-0.39, 0.29) is 12.6 Å². The molecule has 5 nitrogen and oxygen atoms in total. The first-order valence-electron chi connectivity index (χ1n) is 5.73. The fourth-order valence-corrected chi connectivity index (χ4v) is 1.96. The zero-order valence-corrected chi connectivity index (χ0v) is 9.43. The molecule has 1 unspecified atom stereocenters. The second-order valence-corrected chi connectivity index (χ2v) is 4.22. The van der Waals surface area contributed by atoms with Crippen LogP contribution in [-0.2, 0) is 6.42 Å². The van der Waals surface area contributed by atoms with Gasteiger partial charge in [-0.3, -0.25) is 0 Å². The monoisotopic (exact) mass is 220 g/mol. The summed E-state index contributed by atoms with van der Waals surface area (Å²) in [5, 5.41) is 26.2. The molecule has 2 rings (SSSR count). The van der Waals surface area contributed by atoms with Crippen LogP contribution in [0.1, 0.15) is 49.5 Å². The van der Waals surface area contributed by atoms with Crippen LogP contribution >= 0.6 is 0 Å². The van der Waals surface area contributed by atoms with Crippen LogP contribution in [0.4, 0.5) is 0 Å². The van der Waals surface area contributed by atoms with Gasteiger partial charge in [0.25, 0.3) is 0 Å². The molecule has 1 heterocycles. The lowest BCUT2D eigenvalue weighted by molar-refractivity contribution is 0.210. The molecule has 0 spiro atoms. The van der Waals surface area contributed by atoms with Gasteiger partial charge in [0.1, 0.15) is 5.69 Å². The Labute approximate surface area is 94.7 Å². The molecule has 5 heteroatoms. The zero-order chi connectivity index (χ0) is 11.5. The topological polar surface area (TPSA) is 74.7 Å².